The Bertz CT molecular complexity index is 865. The molecule has 0 fully saturated rings. The van der Waals surface area contributed by atoms with Crippen molar-refractivity contribution < 1.29 is 27.8 Å². The highest BCUT2D eigenvalue weighted by atomic mass is 19.1. The molecule has 5 nitrogen and oxygen atoms in total. The average Bonchev–Trinajstić information content (AvgIpc) is 2.61. The number of carbonyl (C=O) groups excluding carboxylic acids is 2. The molecule has 0 spiro atoms. The van der Waals surface area contributed by atoms with Gasteiger partial charge in [-0.3, -0.25) is 4.79 Å². The lowest BCUT2D eigenvalue weighted by molar-refractivity contribution is -0.118. The Morgan fingerprint density at radius 3 is 2.41 bits per heavy atom. The molecule has 0 bridgehead atoms. The van der Waals surface area contributed by atoms with E-state index in [2.05, 4.69) is 23.9 Å². The first-order valence-corrected chi connectivity index (χ1v) is 8.33. The second-order valence-electron chi connectivity index (χ2n) is 6.31. The normalized spacial score (nSPS) is 10.6. The van der Waals surface area contributed by atoms with Gasteiger partial charge in [0.2, 0.25) is 0 Å². The summed E-state index contributed by atoms with van der Waals surface area (Å²) in [5, 5.41) is 2.26. The van der Waals surface area contributed by atoms with Gasteiger partial charge in [0.1, 0.15) is 17.4 Å². The number of benzene rings is 2. The Morgan fingerprint density at radius 1 is 1.11 bits per heavy atom. The summed E-state index contributed by atoms with van der Waals surface area (Å²) in [6.45, 7) is 5.74. The van der Waals surface area contributed by atoms with Crippen LogP contribution in [0.4, 0.5) is 14.5 Å². The Balaban J connectivity index is 2.06. The number of aryl methyl sites for hydroxylation is 1. The molecule has 1 N–H and O–H groups in total. The van der Waals surface area contributed by atoms with Crippen LogP contribution in [0.15, 0.2) is 30.3 Å². The molecule has 0 aliphatic rings. The molecule has 0 heterocycles. The Labute approximate surface area is 156 Å². The molecule has 144 valence electrons. The summed E-state index contributed by atoms with van der Waals surface area (Å²) < 4.78 is 37.3. The monoisotopic (exact) mass is 377 g/mol. The van der Waals surface area contributed by atoms with Gasteiger partial charge in [0.05, 0.1) is 18.4 Å². The minimum absolute atomic E-state index is 0.336. The number of rotatable bonds is 6. The quantitative estimate of drug-likeness (QED) is 0.767. The van der Waals surface area contributed by atoms with Gasteiger partial charge in [0, 0.05) is 6.07 Å². The zero-order valence-electron chi connectivity index (χ0n) is 15.6. The van der Waals surface area contributed by atoms with Crippen LogP contribution >= 0.6 is 0 Å². The molecular formula is C20H21F2NO4. The number of anilines is 1. The number of halogens is 2. The lowest BCUT2D eigenvalue weighted by atomic mass is 9.98. The smallest absolute Gasteiger partial charge is 0.340 e. The molecule has 0 saturated heterocycles. The summed E-state index contributed by atoms with van der Waals surface area (Å²) in [6.07, 6.45) is 0. The van der Waals surface area contributed by atoms with Gasteiger partial charge < -0.3 is 14.8 Å². The maximum Gasteiger partial charge on any atom is 0.340 e. The number of amides is 1. The first-order valence-electron chi connectivity index (χ1n) is 8.33. The standard InChI is InChI=1S/C20H21F2NO4/c1-11(2)14-6-5-13(7-12(14)3)27-10-19(24)23-18-8-15(20(25)26-4)16(21)9-17(18)22/h5-9,11H,10H2,1-4H3,(H,23,24). The highest BCUT2D eigenvalue weighted by molar-refractivity contribution is 5.95. The van der Waals surface area contributed by atoms with Gasteiger partial charge in [0.15, 0.2) is 6.61 Å². The lowest BCUT2D eigenvalue weighted by Crippen LogP contribution is -2.21. The van der Waals surface area contributed by atoms with Gasteiger partial charge in [-0.2, -0.15) is 0 Å². The third kappa shape index (κ3) is 5.03. The van der Waals surface area contributed by atoms with Crippen molar-refractivity contribution in [1.82, 2.24) is 0 Å². The predicted molar refractivity (Wildman–Crippen MR) is 97.1 cm³/mol. The summed E-state index contributed by atoms with van der Waals surface area (Å²) in [5.41, 5.74) is 1.40. The predicted octanol–water partition coefficient (Wildman–Crippen LogP) is 4.20. The maximum absolute atomic E-state index is 13.8. The van der Waals surface area contributed by atoms with Crippen LogP contribution in [0.5, 0.6) is 5.75 Å². The molecule has 0 aliphatic heterocycles. The van der Waals surface area contributed by atoms with Crippen molar-refractivity contribution >= 4 is 17.6 Å². The number of methoxy groups -OCH3 is 1. The summed E-state index contributed by atoms with van der Waals surface area (Å²) >= 11 is 0. The van der Waals surface area contributed by atoms with E-state index in [-0.39, 0.29) is 12.3 Å². The van der Waals surface area contributed by atoms with Gasteiger partial charge >= 0.3 is 5.97 Å². The van der Waals surface area contributed by atoms with E-state index in [4.69, 9.17) is 4.74 Å². The first-order chi connectivity index (χ1) is 12.7. The summed E-state index contributed by atoms with van der Waals surface area (Å²) in [7, 11) is 1.07. The van der Waals surface area contributed by atoms with E-state index in [1.807, 2.05) is 19.1 Å². The van der Waals surface area contributed by atoms with Crippen LogP contribution in [0.25, 0.3) is 0 Å². The molecular weight excluding hydrogens is 356 g/mol. The Morgan fingerprint density at radius 2 is 1.81 bits per heavy atom. The van der Waals surface area contributed by atoms with Crippen molar-refractivity contribution in [2.24, 2.45) is 0 Å². The van der Waals surface area contributed by atoms with Crippen LogP contribution < -0.4 is 10.1 Å². The summed E-state index contributed by atoms with van der Waals surface area (Å²) in [5.74, 6) is -2.84. The first kappa shape index (κ1) is 20.4. The van der Waals surface area contributed by atoms with E-state index < -0.39 is 29.1 Å². The number of nitrogens with one attached hydrogen (secondary N) is 1. The van der Waals surface area contributed by atoms with Crippen molar-refractivity contribution in [3.05, 3.63) is 58.7 Å². The topological polar surface area (TPSA) is 64.6 Å². The van der Waals surface area contributed by atoms with Crippen molar-refractivity contribution in [3.8, 4) is 5.75 Å². The summed E-state index contributed by atoms with van der Waals surface area (Å²) in [4.78, 5) is 23.5. The van der Waals surface area contributed by atoms with Crippen LogP contribution in [0.1, 0.15) is 41.3 Å². The van der Waals surface area contributed by atoms with E-state index >= 15 is 0 Å². The summed E-state index contributed by atoms with van der Waals surface area (Å²) in [6, 6.07) is 6.89. The van der Waals surface area contributed by atoms with Crippen molar-refractivity contribution in [2.45, 2.75) is 26.7 Å². The lowest BCUT2D eigenvalue weighted by Gasteiger charge is -2.13. The number of ether oxygens (including phenoxy) is 2. The molecule has 2 aromatic rings. The second kappa shape index (κ2) is 8.62. The molecule has 27 heavy (non-hydrogen) atoms. The molecule has 7 heteroatoms. The van der Waals surface area contributed by atoms with Gasteiger partial charge in [0.25, 0.3) is 5.91 Å². The van der Waals surface area contributed by atoms with Crippen molar-refractivity contribution in [1.29, 1.82) is 0 Å². The fourth-order valence-corrected chi connectivity index (χ4v) is 2.63. The number of hydrogen-bond donors (Lipinski definition) is 1. The fraction of sp³-hybridized carbons (Fsp3) is 0.300. The van der Waals surface area contributed by atoms with E-state index in [0.717, 1.165) is 18.7 Å². The zero-order chi connectivity index (χ0) is 20.1. The number of hydrogen-bond acceptors (Lipinski definition) is 4. The number of carbonyl (C=O) groups is 2. The molecule has 1 amide bonds. The van der Waals surface area contributed by atoms with E-state index in [1.54, 1.807) is 6.07 Å². The van der Waals surface area contributed by atoms with Crippen LogP contribution in [0.3, 0.4) is 0 Å². The Hall–Kier alpha value is -2.96. The molecule has 0 radical (unpaired) electrons. The van der Waals surface area contributed by atoms with E-state index in [1.165, 1.54) is 5.56 Å². The average molecular weight is 377 g/mol. The van der Waals surface area contributed by atoms with Crippen LogP contribution in [0, 0.1) is 18.6 Å². The molecule has 2 aromatic carbocycles. The van der Waals surface area contributed by atoms with Gasteiger partial charge in [-0.15, -0.1) is 0 Å². The maximum atomic E-state index is 13.8. The minimum Gasteiger partial charge on any atom is -0.484 e. The largest absolute Gasteiger partial charge is 0.484 e. The molecule has 0 atom stereocenters. The molecule has 0 unspecified atom stereocenters. The molecule has 0 saturated carbocycles. The van der Waals surface area contributed by atoms with Crippen molar-refractivity contribution in [3.63, 3.8) is 0 Å². The highest BCUT2D eigenvalue weighted by Gasteiger charge is 2.18. The molecule has 2 rings (SSSR count). The van der Waals surface area contributed by atoms with Gasteiger partial charge in [-0.1, -0.05) is 19.9 Å². The Kier molecular flexibility index (Phi) is 6.50. The minimum atomic E-state index is -1.07. The van der Waals surface area contributed by atoms with Gasteiger partial charge in [-0.25, -0.2) is 13.6 Å². The third-order valence-electron chi connectivity index (χ3n) is 3.97. The van der Waals surface area contributed by atoms with Crippen LogP contribution in [0.2, 0.25) is 0 Å². The fourth-order valence-electron chi connectivity index (χ4n) is 2.63. The van der Waals surface area contributed by atoms with Crippen LogP contribution in [-0.2, 0) is 9.53 Å². The number of esters is 1. The van der Waals surface area contributed by atoms with Crippen molar-refractivity contribution in [2.75, 3.05) is 19.0 Å². The highest BCUT2D eigenvalue weighted by Crippen LogP contribution is 2.24. The van der Waals surface area contributed by atoms with Crippen LogP contribution in [-0.4, -0.2) is 25.6 Å². The second-order valence-corrected chi connectivity index (χ2v) is 6.31. The molecule has 0 aliphatic carbocycles. The zero-order valence-corrected chi connectivity index (χ0v) is 15.6. The van der Waals surface area contributed by atoms with E-state index in [0.29, 0.717) is 17.7 Å². The third-order valence-corrected chi connectivity index (χ3v) is 3.97. The SMILES string of the molecule is COC(=O)c1cc(NC(=O)COc2ccc(C(C)C)c(C)c2)c(F)cc1F. The van der Waals surface area contributed by atoms with Gasteiger partial charge in [-0.05, 0) is 42.2 Å². The molecule has 0 aromatic heterocycles. The van der Waals surface area contributed by atoms with E-state index in [9.17, 15) is 18.4 Å².